The van der Waals surface area contributed by atoms with E-state index >= 15 is 0 Å². The topological polar surface area (TPSA) is 97.0 Å². The van der Waals surface area contributed by atoms with Crippen LogP contribution in [-0.2, 0) is 27.2 Å². The molecular weight excluding hydrogens is 530 g/mol. The van der Waals surface area contributed by atoms with Crippen molar-refractivity contribution in [2.45, 2.75) is 77.1 Å². The zero-order valence-corrected chi connectivity index (χ0v) is 25.1. The minimum atomic E-state index is -0.936. The van der Waals surface area contributed by atoms with Crippen molar-refractivity contribution in [3.8, 4) is 5.75 Å². The van der Waals surface area contributed by atoms with Crippen LogP contribution in [0.1, 0.15) is 63.3 Å². The molecule has 3 aromatic carbocycles. The largest absolute Gasteiger partial charge is 0.497 e. The minimum absolute atomic E-state index is 0.131. The second kappa shape index (κ2) is 13.6. The molecular formula is C34H41N3O5. The van der Waals surface area contributed by atoms with Crippen molar-refractivity contribution in [2.75, 3.05) is 12.4 Å². The number of aryl methyl sites for hydroxylation is 1. The number of alkyl carbamates (subject to hydrolysis) is 1. The predicted molar refractivity (Wildman–Crippen MR) is 163 cm³/mol. The third kappa shape index (κ3) is 8.35. The van der Waals surface area contributed by atoms with Gasteiger partial charge in [0, 0.05) is 18.2 Å². The van der Waals surface area contributed by atoms with Gasteiger partial charge in [-0.1, -0.05) is 61.5 Å². The van der Waals surface area contributed by atoms with Gasteiger partial charge in [0.2, 0.25) is 5.91 Å². The molecule has 0 heterocycles. The first-order valence-electron chi connectivity index (χ1n) is 14.5. The van der Waals surface area contributed by atoms with Crippen molar-refractivity contribution in [1.29, 1.82) is 0 Å². The van der Waals surface area contributed by atoms with Crippen molar-refractivity contribution in [3.05, 3.63) is 95.6 Å². The number of ether oxygens (including phenoxy) is 2. The summed E-state index contributed by atoms with van der Waals surface area (Å²) in [6, 6.07) is 22.4. The van der Waals surface area contributed by atoms with Crippen molar-refractivity contribution < 1.29 is 23.9 Å². The highest BCUT2D eigenvalue weighted by molar-refractivity contribution is 5.99. The number of rotatable bonds is 11. The van der Waals surface area contributed by atoms with Gasteiger partial charge < -0.3 is 25.0 Å². The van der Waals surface area contributed by atoms with Crippen LogP contribution < -0.4 is 15.4 Å². The van der Waals surface area contributed by atoms with Gasteiger partial charge in [-0.3, -0.25) is 9.59 Å². The van der Waals surface area contributed by atoms with E-state index in [9.17, 15) is 14.4 Å². The standard InChI is InChI=1S/C34H41N3O5/c1-6-23-12-14-25(15-13-23)30(31(38)35-26-16-20-28(41-5)21-17-26)37(27-18-19-27)32(39)29(22-24-10-8-7-9-11-24)36-33(40)42-34(2,3)4/h7-17,20-21,27,29-30H,6,18-19,22H2,1-5H3,(H,35,38)(H,36,40). The summed E-state index contributed by atoms with van der Waals surface area (Å²) in [4.78, 5) is 43.1. The summed E-state index contributed by atoms with van der Waals surface area (Å²) in [5, 5.41) is 5.81. The second-order valence-corrected chi connectivity index (χ2v) is 11.6. The Morgan fingerprint density at radius 1 is 0.905 bits per heavy atom. The molecule has 222 valence electrons. The molecule has 3 amide bonds. The van der Waals surface area contributed by atoms with E-state index in [-0.39, 0.29) is 24.3 Å². The Morgan fingerprint density at radius 3 is 2.10 bits per heavy atom. The van der Waals surface area contributed by atoms with E-state index in [1.807, 2.05) is 54.6 Å². The first-order valence-corrected chi connectivity index (χ1v) is 14.5. The molecule has 0 bridgehead atoms. The fourth-order valence-electron chi connectivity index (χ4n) is 4.81. The van der Waals surface area contributed by atoms with Crippen molar-refractivity contribution in [3.63, 3.8) is 0 Å². The van der Waals surface area contributed by atoms with E-state index in [0.29, 0.717) is 17.0 Å². The van der Waals surface area contributed by atoms with Gasteiger partial charge in [0.15, 0.2) is 0 Å². The van der Waals surface area contributed by atoms with Gasteiger partial charge in [0.25, 0.3) is 5.91 Å². The number of methoxy groups -OCH3 is 1. The molecule has 1 fully saturated rings. The van der Waals surface area contributed by atoms with Crippen LogP contribution in [0.2, 0.25) is 0 Å². The number of nitrogens with zero attached hydrogens (tertiary/aromatic N) is 1. The van der Waals surface area contributed by atoms with Gasteiger partial charge in [0.1, 0.15) is 23.4 Å². The lowest BCUT2D eigenvalue weighted by atomic mass is 9.98. The molecule has 1 aliphatic carbocycles. The summed E-state index contributed by atoms with van der Waals surface area (Å²) >= 11 is 0. The average molecular weight is 572 g/mol. The van der Waals surface area contributed by atoms with E-state index in [4.69, 9.17) is 9.47 Å². The quantitative estimate of drug-likeness (QED) is 0.291. The molecule has 0 spiro atoms. The number of hydrogen-bond donors (Lipinski definition) is 2. The molecule has 4 rings (SSSR count). The van der Waals surface area contributed by atoms with Crippen LogP contribution in [0.15, 0.2) is 78.9 Å². The monoisotopic (exact) mass is 571 g/mol. The van der Waals surface area contributed by atoms with Gasteiger partial charge in [-0.25, -0.2) is 4.79 Å². The summed E-state index contributed by atoms with van der Waals surface area (Å²) < 4.78 is 10.8. The molecule has 0 saturated heterocycles. The van der Waals surface area contributed by atoms with E-state index in [1.165, 1.54) is 0 Å². The van der Waals surface area contributed by atoms with Gasteiger partial charge in [-0.2, -0.15) is 0 Å². The van der Waals surface area contributed by atoms with Crippen molar-refractivity contribution >= 4 is 23.6 Å². The summed E-state index contributed by atoms with van der Waals surface area (Å²) in [5.74, 6) is 0.00788. The lowest BCUT2D eigenvalue weighted by Crippen LogP contribution is -2.54. The molecule has 3 aromatic rings. The molecule has 42 heavy (non-hydrogen) atoms. The minimum Gasteiger partial charge on any atom is -0.497 e. The fraction of sp³-hybridized carbons (Fsp3) is 0.382. The molecule has 8 nitrogen and oxygen atoms in total. The summed E-state index contributed by atoms with van der Waals surface area (Å²) in [5.41, 5.74) is 2.57. The maximum absolute atomic E-state index is 14.5. The number of carbonyl (C=O) groups excluding carboxylic acids is 3. The molecule has 1 aliphatic rings. The normalized spacial score (nSPS) is 14.3. The van der Waals surface area contributed by atoms with Gasteiger partial charge >= 0.3 is 6.09 Å². The maximum Gasteiger partial charge on any atom is 0.408 e. The van der Waals surface area contributed by atoms with Crippen LogP contribution in [0.25, 0.3) is 0 Å². The van der Waals surface area contributed by atoms with Crippen LogP contribution in [0.5, 0.6) is 5.75 Å². The van der Waals surface area contributed by atoms with Crippen LogP contribution >= 0.6 is 0 Å². The third-order valence-electron chi connectivity index (χ3n) is 7.05. The highest BCUT2D eigenvalue weighted by atomic mass is 16.6. The van der Waals surface area contributed by atoms with Gasteiger partial charge in [-0.15, -0.1) is 0 Å². The number of amides is 3. The smallest absolute Gasteiger partial charge is 0.408 e. The molecule has 2 N–H and O–H groups in total. The zero-order chi connectivity index (χ0) is 30.3. The number of benzene rings is 3. The Morgan fingerprint density at radius 2 is 1.55 bits per heavy atom. The predicted octanol–water partition coefficient (Wildman–Crippen LogP) is 6.06. The lowest BCUT2D eigenvalue weighted by molar-refractivity contribution is -0.141. The van der Waals surface area contributed by atoms with Crippen LogP contribution in [0, 0.1) is 0 Å². The zero-order valence-electron chi connectivity index (χ0n) is 25.1. The molecule has 0 aromatic heterocycles. The SMILES string of the molecule is CCc1ccc(C(C(=O)Nc2ccc(OC)cc2)N(C(=O)C(Cc2ccccc2)NC(=O)OC(C)(C)C)C2CC2)cc1. The Kier molecular flexibility index (Phi) is 9.88. The Labute approximate surface area is 248 Å². The summed E-state index contributed by atoms with van der Waals surface area (Å²) in [6.07, 6.45) is 1.97. The molecule has 0 aliphatic heterocycles. The van der Waals surface area contributed by atoms with Gasteiger partial charge in [0.05, 0.1) is 7.11 Å². The summed E-state index contributed by atoms with van der Waals surface area (Å²) in [7, 11) is 1.58. The number of hydrogen-bond acceptors (Lipinski definition) is 5. The van der Waals surface area contributed by atoms with Crippen molar-refractivity contribution in [1.82, 2.24) is 10.2 Å². The van der Waals surface area contributed by atoms with Crippen molar-refractivity contribution in [2.24, 2.45) is 0 Å². The third-order valence-corrected chi connectivity index (χ3v) is 7.05. The second-order valence-electron chi connectivity index (χ2n) is 11.6. The Bertz CT molecular complexity index is 1350. The average Bonchev–Trinajstić information content (AvgIpc) is 3.80. The number of carbonyl (C=O) groups is 3. The van der Waals surface area contributed by atoms with E-state index in [2.05, 4.69) is 17.6 Å². The van der Waals surface area contributed by atoms with Gasteiger partial charge in [-0.05, 0) is 81.0 Å². The van der Waals surface area contributed by atoms with Crippen LogP contribution in [-0.4, -0.2) is 47.6 Å². The molecule has 0 radical (unpaired) electrons. The molecule has 8 heteroatoms. The lowest BCUT2D eigenvalue weighted by Gasteiger charge is -2.35. The molecule has 2 atom stereocenters. The first-order chi connectivity index (χ1) is 20.1. The fourth-order valence-corrected chi connectivity index (χ4v) is 4.81. The summed E-state index contributed by atoms with van der Waals surface area (Å²) in [6.45, 7) is 7.39. The van der Waals surface area contributed by atoms with E-state index in [1.54, 1.807) is 57.0 Å². The highest BCUT2D eigenvalue weighted by Gasteiger charge is 2.44. The highest BCUT2D eigenvalue weighted by Crippen LogP contribution is 2.36. The number of nitrogens with one attached hydrogen (secondary N) is 2. The van der Waals surface area contributed by atoms with Crippen LogP contribution in [0.4, 0.5) is 10.5 Å². The Balaban J connectivity index is 1.70. The molecule has 2 unspecified atom stereocenters. The molecule has 1 saturated carbocycles. The number of anilines is 1. The van der Waals surface area contributed by atoms with E-state index < -0.39 is 23.8 Å². The van der Waals surface area contributed by atoms with E-state index in [0.717, 1.165) is 30.4 Å². The Hall–Kier alpha value is -4.33. The van der Waals surface area contributed by atoms with Crippen LogP contribution in [0.3, 0.4) is 0 Å². The maximum atomic E-state index is 14.5. The first kappa shape index (κ1) is 30.6.